The van der Waals surface area contributed by atoms with E-state index in [1.54, 1.807) is 0 Å². The molecule has 112 valence electrons. The smallest absolute Gasteiger partial charge is 0.244 e. The summed E-state index contributed by atoms with van der Waals surface area (Å²) in [6, 6.07) is 9.25. The van der Waals surface area contributed by atoms with E-state index in [1.807, 2.05) is 0 Å². The third kappa shape index (κ3) is 2.02. The van der Waals surface area contributed by atoms with Gasteiger partial charge in [-0.3, -0.25) is 10.1 Å². The quantitative estimate of drug-likeness (QED) is 0.924. The lowest BCUT2D eigenvalue weighted by Gasteiger charge is -2.25. The number of amides is 1. The minimum Gasteiger partial charge on any atom is -0.318 e. The van der Waals surface area contributed by atoms with Gasteiger partial charge in [-0.15, -0.1) is 0 Å². The van der Waals surface area contributed by atoms with Crippen LogP contribution in [-0.4, -0.2) is 22.4 Å². The molecule has 2 aliphatic carbocycles. The molecule has 0 radical (unpaired) electrons. The zero-order valence-electron chi connectivity index (χ0n) is 13.1. The monoisotopic (exact) mass is 284 g/mol. The van der Waals surface area contributed by atoms with E-state index < -0.39 is 0 Å². The van der Waals surface area contributed by atoms with Crippen molar-refractivity contribution in [2.75, 3.05) is 0 Å². The third-order valence-corrected chi connectivity index (χ3v) is 5.43. The summed E-state index contributed by atoms with van der Waals surface area (Å²) in [6.45, 7) is 6.67. The normalized spacial score (nSPS) is 33.0. The highest BCUT2D eigenvalue weighted by Crippen LogP contribution is 2.51. The van der Waals surface area contributed by atoms with Crippen molar-refractivity contribution in [1.29, 1.82) is 0 Å². The van der Waals surface area contributed by atoms with Crippen LogP contribution >= 0.6 is 0 Å². The van der Waals surface area contributed by atoms with E-state index in [0.29, 0.717) is 23.8 Å². The van der Waals surface area contributed by atoms with Crippen molar-refractivity contribution in [3.05, 3.63) is 35.4 Å². The predicted molar refractivity (Wildman–Crippen MR) is 82.8 cm³/mol. The Kier molecular flexibility index (Phi) is 2.74. The Hall–Kier alpha value is -1.35. The summed E-state index contributed by atoms with van der Waals surface area (Å²) in [4.78, 5) is 14.9. The van der Waals surface area contributed by atoms with Gasteiger partial charge in [0.1, 0.15) is 11.7 Å². The van der Waals surface area contributed by atoms with Crippen LogP contribution in [0.2, 0.25) is 0 Å². The van der Waals surface area contributed by atoms with Crippen molar-refractivity contribution in [3.63, 3.8) is 0 Å². The summed E-state index contributed by atoms with van der Waals surface area (Å²) >= 11 is 0. The van der Waals surface area contributed by atoms with Crippen LogP contribution in [0.4, 0.5) is 0 Å². The molecule has 1 aromatic carbocycles. The lowest BCUT2D eigenvalue weighted by molar-refractivity contribution is -0.131. The lowest BCUT2D eigenvalue weighted by Crippen LogP contribution is -2.34. The second-order valence-electron chi connectivity index (χ2n) is 7.44. The SMILES string of the molecule is CC(C)c1ccc(C2NC3(CC3)C(=O)N2C2CC2C)cc1. The van der Waals surface area contributed by atoms with Crippen molar-refractivity contribution in [3.8, 4) is 0 Å². The molecule has 3 unspecified atom stereocenters. The molecule has 4 rings (SSSR count). The highest BCUT2D eigenvalue weighted by molar-refractivity contribution is 5.92. The fourth-order valence-electron chi connectivity index (χ4n) is 3.58. The summed E-state index contributed by atoms with van der Waals surface area (Å²) in [5.74, 6) is 1.54. The molecule has 1 N–H and O–H groups in total. The summed E-state index contributed by atoms with van der Waals surface area (Å²) in [7, 11) is 0. The van der Waals surface area contributed by atoms with Gasteiger partial charge in [0, 0.05) is 6.04 Å². The summed E-state index contributed by atoms with van der Waals surface area (Å²) in [6.07, 6.45) is 3.24. The number of carbonyl (C=O) groups is 1. The van der Waals surface area contributed by atoms with Gasteiger partial charge in [-0.1, -0.05) is 45.0 Å². The number of nitrogens with zero attached hydrogens (tertiary/aromatic N) is 1. The highest BCUT2D eigenvalue weighted by atomic mass is 16.2. The second kappa shape index (κ2) is 4.33. The Bertz CT molecular complexity index is 573. The van der Waals surface area contributed by atoms with Crippen molar-refractivity contribution >= 4 is 5.91 Å². The highest BCUT2D eigenvalue weighted by Gasteiger charge is 2.62. The molecule has 1 heterocycles. The van der Waals surface area contributed by atoms with E-state index in [2.05, 4.69) is 55.3 Å². The van der Waals surface area contributed by atoms with Gasteiger partial charge in [0.25, 0.3) is 0 Å². The van der Waals surface area contributed by atoms with E-state index in [9.17, 15) is 4.79 Å². The van der Waals surface area contributed by atoms with E-state index in [1.165, 1.54) is 11.1 Å². The number of hydrogen-bond donors (Lipinski definition) is 1. The number of nitrogens with one attached hydrogen (secondary N) is 1. The summed E-state index contributed by atoms with van der Waals surface area (Å²) in [5.41, 5.74) is 2.37. The molecule has 0 bridgehead atoms. The fourth-order valence-corrected chi connectivity index (χ4v) is 3.58. The Morgan fingerprint density at radius 3 is 2.33 bits per heavy atom. The standard InChI is InChI=1S/C18H24N2O/c1-11(2)13-4-6-14(7-5-13)16-19-18(8-9-18)17(21)20(16)15-10-12(15)3/h4-7,11-12,15-16,19H,8-10H2,1-3H3. The van der Waals surface area contributed by atoms with E-state index >= 15 is 0 Å². The predicted octanol–water partition coefficient (Wildman–Crippen LogP) is 3.18. The molecule has 3 fully saturated rings. The van der Waals surface area contributed by atoms with Gasteiger partial charge >= 0.3 is 0 Å². The minimum atomic E-state index is -0.219. The molecule has 3 aliphatic rings. The van der Waals surface area contributed by atoms with E-state index in [4.69, 9.17) is 0 Å². The Morgan fingerprint density at radius 2 is 1.86 bits per heavy atom. The number of hydrogen-bond acceptors (Lipinski definition) is 2. The molecular weight excluding hydrogens is 260 g/mol. The van der Waals surface area contributed by atoms with Gasteiger partial charge in [-0.2, -0.15) is 0 Å². The molecule has 0 aromatic heterocycles. The molecule has 1 saturated heterocycles. The van der Waals surface area contributed by atoms with Crippen molar-refractivity contribution in [2.45, 2.75) is 63.7 Å². The van der Waals surface area contributed by atoms with Crippen molar-refractivity contribution < 1.29 is 4.79 Å². The maximum Gasteiger partial charge on any atom is 0.244 e. The van der Waals surface area contributed by atoms with E-state index in [-0.39, 0.29) is 11.7 Å². The number of benzene rings is 1. The first kappa shape index (κ1) is 13.3. The maximum atomic E-state index is 12.7. The summed E-state index contributed by atoms with van der Waals surface area (Å²) < 4.78 is 0. The zero-order chi connectivity index (χ0) is 14.8. The van der Waals surface area contributed by atoms with Gasteiger partial charge in [0.15, 0.2) is 0 Å². The molecule has 1 aromatic rings. The molecule has 3 atom stereocenters. The van der Waals surface area contributed by atoms with Gasteiger partial charge in [0.05, 0.1) is 0 Å². The molecule has 2 saturated carbocycles. The molecule has 3 nitrogen and oxygen atoms in total. The van der Waals surface area contributed by atoms with Crippen LogP contribution in [0.5, 0.6) is 0 Å². The first-order valence-corrected chi connectivity index (χ1v) is 8.22. The molecule has 1 spiro atoms. The van der Waals surface area contributed by atoms with Crippen LogP contribution in [-0.2, 0) is 4.79 Å². The lowest BCUT2D eigenvalue weighted by atomic mass is 10.0. The first-order valence-electron chi connectivity index (χ1n) is 8.22. The van der Waals surface area contributed by atoms with Gasteiger partial charge in [-0.05, 0) is 42.2 Å². The summed E-state index contributed by atoms with van der Waals surface area (Å²) in [5, 5.41) is 3.62. The van der Waals surface area contributed by atoms with Crippen LogP contribution in [0.25, 0.3) is 0 Å². The van der Waals surface area contributed by atoms with Gasteiger partial charge in [0.2, 0.25) is 5.91 Å². The van der Waals surface area contributed by atoms with Crippen LogP contribution in [0.15, 0.2) is 24.3 Å². The maximum absolute atomic E-state index is 12.7. The minimum absolute atomic E-state index is 0.0798. The molecule has 1 aliphatic heterocycles. The van der Waals surface area contributed by atoms with Gasteiger partial charge in [-0.25, -0.2) is 0 Å². The molecule has 3 heteroatoms. The Labute approximate surface area is 126 Å². The average molecular weight is 284 g/mol. The largest absolute Gasteiger partial charge is 0.318 e. The molecular formula is C18H24N2O. The Morgan fingerprint density at radius 1 is 1.24 bits per heavy atom. The number of rotatable bonds is 3. The van der Waals surface area contributed by atoms with Crippen LogP contribution in [0, 0.1) is 5.92 Å². The average Bonchev–Trinajstić information content (AvgIpc) is 3.36. The van der Waals surface area contributed by atoms with Crippen molar-refractivity contribution in [2.24, 2.45) is 5.92 Å². The van der Waals surface area contributed by atoms with E-state index in [0.717, 1.165) is 19.3 Å². The van der Waals surface area contributed by atoms with Crippen LogP contribution in [0.1, 0.15) is 63.2 Å². The molecule has 1 amide bonds. The second-order valence-corrected chi connectivity index (χ2v) is 7.44. The van der Waals surface area contributed by atoms with Crippen LogP contribution in [0.3, 0.4) is 0 Å². The molecule has 21 heavy (non-hydrogen) atoms. The topological polar surface area (TPSA) is 32.3 Å². The van der Waals surface area contributed by atoms with Crippen LogP contribution < -0.4 is 5.32 Å². The first-order chi connectivity index (χ1) is 10.0. The van der Waals surface area contributed by atoms with Crippen molar-refractivity contribution in [1.82, 2.24) is 10.2 Å². The Balaban J connectivity index is 1.64. The zero-order valence-corrected chi connectivity index (χ0v) is 13.1. The fraction of sp³-hybridized carbons (Fsp3) is 0.611. The van der Waals surface area contributed by atoms with Gasteiger partial charge < -0.3 is 4.90 Å². The third-order valence-electron chi connectivity index (χ3n) is 5.43. The number of carbonyl (C=O) groups excluding carboxylic acids is 1.